The lowest BCUT2D eigenvalue weighted by Gasteiger charge is -2.05. The van der Waals surface area contributed by atoms with Gasteiger partial charge in [0.1, 0.15) is 5.75 Å². The van der Waals surface area contributed by atoms with Crippen LogP contribution in [0.3, 0.4) is 0 Å². The molecule has 0 heterocycles. The van der Waals surface area contributed by atoms with Gasteiger partial charge in [0.25, 0.3) is 0 Å². The van der Waals surface area contributed by atoms with Crippen LogP contribution >= 0.6 is 0 Å². The first-order valence-electron chi connectivity index (χ1n) is 7.86. The van der Waals surface area contributed by atoms with Gasteiger partial charge in [0.15, 0.2) is 0 Å². The number of esters is 1. The third kappa shape index (κ3) is 9.40. The molecule has 2 rings (SSSR count). The van der Waals surface area contributed by atoms with Crippen molar-refractivity contribution >= 4 is 23.8 Å². The molecule has 0 radical (unpaired) electrons. The maximum Gasteiger partial charge on any atom is 0.394 e. The topological polar surface area (TPSA) is 144 Å². The minimum absolute atomic E-state index is 0.0904. The molecule has 8 heteroatoms. The summed E-state index contributed by atoms with van der Waals surface area (Å²) in [5.41, 5.74) is 6.00. The number of hydrogen-bond acceptors (Lipinski definition) is 5. The first kappa shape index (κ1) is 21.4. The first-order chi connectivity index (χ1) is 12.8. The fourth-order valence-corrected chi connectivity index (χ4v) is 1.91. The fourth-order valence-electron chi connectivity index (χ4n) is 1.91. The van der Waals surface area contributed by atoms with Gasteiger partial charge in [-0.05, 0) is 29.7 Å². The van der Waals surface area contributed by atoms with Gasteiger partial charge < -0.3 is 20.7 Å². The summed E-state index contributed by atoms with van der Waals surface area (Å²) in [5.74, 6) is -3.60. The molecule has 4 N–H and O–H groups in total. The highest BCUT2D eigenvalue weighted by Gasteiger charge is 2.06. The van der Waals surface area contributed by atoms with Crippen molar-refractivity contribution in [2.75, 3.05) is 0 Å². The molecule has 0 saturated heterocycles. The predicted molar refractivity (Wildman–Crippen MR) is 95.0 cm³/mol. The van der Waals surface area contributed by atoms with Gasteiger partial charge in [-0.15, -0.1) is 0 Å². The summed E-state index contributed by atoms with van der Waals surface area (Å²) in [6.07, 6.45) is 0.780. The zero-order valence-electron chi connectivity index (χ0n) is 14.3. The van der Waals surface area contributed by atoms with E-state index in [1.807, 2.05) is 30.3 Å². The van der Waals surface area contributed by atoms with Crippen molar-refractivity contribution < 1.29 is 34.1 Å². The maximum atomic E-state index is 11.8. The third-order valence-electron chi connectivity index (χ3n) is 3.18. The number of aryl methyl sites for hydroxylation is 1. The van der Waals surface area contributed by atoms with Crippen LogP contribution in [0.5, 0.6) is 5.75 Å². The van der Waals surface area contributed by atoms with Gasteiger partial charge in [0.05, 0.1) is 6.42 Å². The van der Waals surface area contributed by atoms with Gasteiger partial charge in [-0.25, -0.2) is 4.79 Å². The van der Waals surface area contributed by atoms with E-state index in [0.717, 1.165) is 11.1 Å². The Hall–Kier alpha value is -3.68. The Labute approximate surface area is 155 Å². The zero-order chi connectivity index (χ0) is 20.2. The van der Waals surface area contributed by atoms with Crippen LogP contribution in [0.2, 0.25) is 0 Å². The normalized spacial score (nSPS) is 9.48. The van der Waals surface area contributed by atoms with Crippen LogP contribution in [0, 0.1) is 0 Å². The number of carboxylic acids is 2. The van der Waals surface area contributed by atoms with E-state index in [4.69, 9.17) is 14.9 Å². The van der Waals surface area contributed by atoms with Crippen LogP contribution < -0.4 is 10.5 Å². The van der Waals surface area contributed by atoms with Gasteiger partial charge in [-0.1, -0.05) is 42.5 Å². The smallest absolute Gasteiger partial charge is 0.394 e. The molecular formula is C19H19NO7. The Balaban J connectivity index is 0.000000527. The second kappa shape index (κ2) is 11.0. The fraction of sp³-hybridized carbons (Fsp3) is 0.158. The molecule has 1 amide bonds. The first-order valence-corrected chi connectivity index (χ1v) is 7.86. The van der Waals surface area contributed by atoms with E-state index < -0.39 is 17.8 Å². The number of aliphatic carboxylic acids is 2. The predicted octanol–water partition coefficient (Wildman–Crippen LogP) is 1.41. The molecule has 0 atom stereocenters. The van der Waals surface area contributed by atoms with E-state index >= 15 is 0 Å². The molecular weight excluding hydrogens is 354 g/mol. The molecule has 142 valence electrons. The molecule has 0 unspecified atom stereocenters. The summed E-state index contributed by atoms with van der Waals surface area (Å²) in [6.45, 7) is 0. The van der Waals surface area contributed by atoms with E-state index in [9.17, 15) is 19.2 Å². The number of carbonyl (C=O) groups is 4. The summed E-state index contributed by atoms with van der Waals surface area (Å²) >= 11 is 0. The highest BCUT2D eigenvalue weighted by molar-refractivity contribution is 6.30. The quantitative estimate of drug-likeness (QED) is 0.394. The molecule has 27 heavy (non-hydrogen) atoms. The Kier molecular flexibility index (Phi) is 8.73. The summed E-state index contributed by atoms with van der Waals surface area (Å²) in [7, 11) is 0. The Morgan fingerprint density at radius 1 is 0.852 bits per heavy atom. The lowest BCUT2D eigenvalue weighted by atomic mass is 10.1. The number of hydrogen-bond donors (Lipinski definition) is 3. The van der Waals surface area contributed by atoms with E-state index in [2.05, 4.69) is 5.73 Å². The van der Waals surface area contributed by atoms with Crippen molar-refractivity contribution in [2.45, 2.75) is 19.3 Å². The molecule has 0 aromatic heterocycles. The second-order valence-corrected chi connectivity index (χ2v) is 5.34. The van der Waals surface area contributed by atoms with Gasteiger partial charge in [-0.3, -0.25) is 14.4 Å². The minimum Gasteiger partial charge on any atom is -0.481 e. The average Bonchev–Trinajstić information content (AvgIpc) is 2.62. The van der Waals surface area contributed by atoms with Crippen LogP contribution in [0.25, 0.3) is 0 Å². The minimum atomic E-state index is -1.60. The third-order valence-corrected chi connectivity index (χ3v) is 3.18. The van der Waals surface area contributed by atoms with E-state index in [1.54, 1.807) is 24.3 Å². The van der Waals surface area contributed by atoms with Crippen molar-refractivity contribution in [1.29, 1.82) is 0 Å². The Bertz CT molecular complexity index is 773. The molecule has 2 aromatic rings. The molecule has 2 aromatic carbocycles. The number of benzene rings is 2. The zero-order valence-corrected chi connectivity index (χ0v) is 14.3. The molecule has 0 spiro atoms. The summed E-state index contributed by atoms with van der Waals surface area (Å²) in [4.78, 5) is 40.8. The molecule has 0 aliphatic rings. The van der Waals surface area contributed by atoms with Gasteiger partial charge in [0.2, 0.25) is 0 Å². The Morgan fingerprint density at radius 3 is 1.89 bits per heavy atom. The van der Waals surface area contributed by atoms with E-state index in [0.29, 0.717) is 12.2 Å². The van der Waals surface area contributed by atoms with Crippen molar-refractivity contribution in [3.05, 3.63) is 65.7 Å². The van der Waals surface area contributed by atoms with Crippen molar-refractivity contribution in [1.82, 2.24) is 0 Å². The maximum absolute atomic E-state index is 11.8. The molecule has 0 bridgehead atoms. The standard InChI is InChI=1S/C17H16O4.C2H3NO3/c18-16(19)11-8-13-6-9-15(10-7-13)21-17(20)12-14-4-2-1-3-5-14;3-1(4)2(5)6/h1-7,9-10H,8,11-12H2,(H,18,19);(H2,3,4)(H,5,6). The average molecular weight is 373 g/mol. The molecule has 0 aliphatic carbocycles. The van der Waals surface area contributed by atoms with Crippen LogP contribution in [0.15, 0.2) is 54.6 Å². The van der Waals surface area contributed by atoms with Gasteiger partial charge >= 0.3 is 23.8 Å². The Morgan fingerprint density at radius 2 is 1.41 bits per heavy atom. The van der Waals surface area contributed by atoms with Crippen LogP contribution in [0.1, 0.15) is 17.5 Å². The summed E-state index contributed by atoms with van der Waals surface area (Å²) in [5, 5.41) is 16.1. The van der Waals surface area contributed by atoms with Crippen molar-refractivity contribution in [3.63, 3.8) is 0 Å². The number of primary amides is 1. The highest BCUT2D eigenvalue weighted by Crippen LogP contribution is 2.14. The monoisotopic (exact) mass is 373 g/mol. The number of nitrogens with two attached hydrogens (primary N) is 1. The molecule has 0 fully saturated rings. The van der Waals surface area contributed by atoms with Crippen LogP contribution in [-0.2, 0) is 32.0 Å². The van der Waals surface area contributed by atoms with Crippen LogP contribution in [0.4, 0.5) is 0 Å². The van der Waals surface area contributed by atoms with Gasteiger partial charge in [0, 0.05) is 6.42 Å². The molecule has 8 nitrogen and oxygen atoms in total. The SMILES string of the molecule is NC(=O)C(=O)O.O=C(O)CCc1ccc(OC(=O)Cc2ccccc2)cc1. The van der Waals surface area contributed by atoms with Crippen molar-refractivity contribution in [2.24, 2.45) is 5.73 Å². The number of amides is 1. The number of rotatable bonds is 6. The van der Waals surface area contributed by atoms with Crippen molar-refractivity contribution in [3.8, 4) is 5.75 Å². The lowest BCUT2D eigenvalue weighted by Crippen LogP contribution is -2.21. The second-order valence-electron chi connectivity index (χ2n) is 5.34. The van der Waals surface area contributed by atoms with E-state index in [1.165, 1.54) is 0 Å². The molecule has 0 saturated carbocycles. The summed E-state index contributed by atoms with van der Waals surface area (Å²) < 4.78 is 5.24. The largest absolute Gasteiger partial charge is 0.481 e. The lowest BCUT2D eigenvalue weighted by molar-refractivity contribution is -0.148. The number of carboxylic acid groups (broad SMARTS) is 2. The number of carbonyl (C=O) groups excluding carboxylic acids is 2. The highest BCUT2D eigenvalue weighted by atomic mass is 16.5. The summed E-state index contributed by atoms with van der Waals surface area (Å²) in [6, 6.07) is 16.3. The van der Waals surface area contributed by atoms with E-state index in [-0.39, 0.29) is 18.8 Å². The molecule has 0 aliphatic heterocycles. The number of ether oxygens (including phenoxy) is 1. The van der Waals surface area contributed by atoms with Gasteiger partial charge in [-0.2, -0.15) is 0 Å². The van der Waals surface area contributed by atoms with Crippen LogP contribution in [-0.4, -0.2) is 34.0 Å².